The zero-order valence-corrected chi connectivity index (χ0v) is 18.3. The summed E-state index contributed by atoms with van der Waals surface area (Å²) in [6.45, 7) is 1.88. The molecule has 0 saturated heterocycles. The number of hydrogen-bond donors (Lipinski definition) is 4. The molecule has 9 nitrogen and oxygen atoms in total. The second-order valence-corrected chi connectivity index (χ2v) is 7.65. The third kappa shape index (κ3) is 6.30. The fourth-order valence-corrected chi connectivity index (χ4v) is 3.85. The second-order valence-electron chi connectivity index (χ2n) is 7.65. The molecule has 3 rings (SSSR count). The molecule has 2 atom stereocenters. The van der Waals surface area contributed by atoms with Crippen molar-refractivity contribution < 1.29 is 34.1 Å². The van der Waals surface area contributed by atoms with Crippen molar-refractivity contribution in [3.63, 3.8) is 0 Å². The van der Waals surface area contributed by atoms with Crippen molar-refractivity contribution in [3.8, 4) is 11.1 Å². The van der Waals surface area contributed by atoms with Gasteiger partial charge in [0, 0.05) is 19.1 Å². The van der Waals surface area contributed by atoms with Crippen LogP contribution in [0.4, 0.5) is 4.79 Å². The van der Waals surface area contributed by atoms with Gasteiger partial charge in [-0.25, -0.2) is 9.59 Å². The van der Waals surface area contributed by atoms with Crippen molar-refractivity contribution in [2.24, 2.45) is 0 Å². The number of nitrogens with one attached hydrogen (secondary N) is 2. The molecule has 0 spiro atoms. The van der Waals surface area contributed by atoms with Gasteiger partial charge < -0.3 is 30.3 Å². The number of benzene rings is 2. The van der Waals surface area contributed by atoms with Gasteiger partial charge in [0.1, 0.15) is 6.61 Å². The lowest BCUT2D eigenvalue weighted by molar-refractivity contribution is -0.146. The van der Waals surface area contributed by atoms with Gasteiger partial charge in [0.2, 0.25) is 5.91 Å². The van der Waals surface area contributed by atoms with Crippen molar-refractivity contribution >= 4 is 18.0 Å². The SMILES string of the molecule is CCOC(CNC(=O)OCC1c2ccccc2-c2ccccc21)CC(=O)NC[C@H](O)C(=O)O. The van der Waals surface area contributed by atoms with E-state index in [9.17, 15) is 19.5 Å². The van der Waals surface area contributed by atoms with E-state index in [4.69, 9.17) is 14.6 Å². The number of carboxylic acid groups (broad SMARTS) is 1. The zero-order valence-electron chi connectivity index (χ0n) is 18.3. The zero-order chi connectivity index (χ0) is 23.8. The fraction of sp³-hybridized carbons (Fsp3) is 0.375. The molecule has 1 unspecified atom stereocenters. The summed E-state index contributed by atoms with van der Waals surface area (Å²) in [4.78, 5) is 34.9. The minimum absolute atomic E-state index is 0.0411. The lowest BCUT2D eigenvalue weighted by Gasteiger charge is -2.19. The Morgan fingerprint density at radius 3 is 2.15 bits per heavy atom. The van der Waals surface area contributed by atoms with Crippen LogP contribution in [-0.4, -0.2) is 66.7 Å². The molecule has 1 aliphatic rings. The molecule has 9 heteroatoms. The summed E-state index contributed by atoms with van der Waals surface area (Å²) in [5.41, 5.74) is 4.49. The number of amides is 2. The van der Waals surface area contributed by atoms with E-state index in [0.29, 0.717) is 6.61 Å². The van der Waals surface area contributed by atoms with Crippen molar-refractivity contribution in [3.05, 3.63) is 59.7 Å². The third-order valence-corrected chi connectivity index (χ3v) is 5.41. The Bertz CT molecular complexity index is 949. The number of aliphatic hydroxyl groups is 1. The molecule has 0 saturated carbocycles. The van der Waals surface area contributed by atoms with Gasteiger partial charge in [-0.3, -0.25) is 4.79 Å². The second kappa shape index (κ2) is 11.4. The Labute approximate surface area is 191 Å². The van der Waals surface area contributed by atoms with Crippen LogP contribution in [-0.2, 0) is 19.1 Å². The van der Waals surface area contributed by atoms with Crippen LogP contribution in [0.3, 0.4) is 0 Å². The number of carbonyl (C=O) groups excluding carboxylic acids is 2. The third-order valence-electron chi connectivity index (χ3n) is 5.41. The highest BCUT2D eigenvalue weighted by molar-refractivity contribution is 5.79. The van der Waals surface area contributed by atoms with E-state index in [1.54, 1.807) is 6.92 Å². The van der Waals surface area contributed by atoms with Crippen LogP contribution >= 0.6 is 0 Å². The molecule has 33 heavy (non-hydrogen) atoms. The smallest absolute Gasteiger partial charge is 0.407 e. The number of rotatable bonds is 11. The van der Waals surface area contributed by atoms with Crippen LogP contribution in [0.2, 0.25) is 0 Å². The summed E-state index contributed by atoms with van der Waals surface area (Å²) >= 11 is 0. The Kier molecular flexibility index (Phi) is 8.39. The van der Waals surface area contributed by atoms with Crippen LogP contribution in [0.25, 0.3) is 11.1 Å². The van der Waals surface area contributed by atoms with Gasteiger partial charge in [-0.05, 0) is 29.2 Å². The maximum Gasteiger partial charge on any atom is 0.407 e. The van der Waals surface area contributed by atoms with Crippen LogP contribution in [0.15, 0.2) is 48.5 Å². The van der Waals surface area contributed by atoms with Gasteiger partial charge in [0.25, 0.3) is 0 Å². The summed E-state index contributed by atoms with van der Waals surface area (Å²) < 4.78 is 11.0. The molecule has 0 aliphatic heterocycles. The first-order valence-electron chi connectivity index (χ1n) is 10.8. The predicted octanol–water partition coefficient (Wildman–Crippen LogP) is 1.88. The lowest BCUT2D eigenvalue weighted by atomic mass is 9.98. The average molecular weight is 456 g/mol. The Morgan fingerprint density at radius 2 is 1.58 bits per heavy atom. The maximum absolute atomic E-state index is 12.3. The largest absolute Gasteiger partial charge is 0.479 e. The molecule has 0 radical (unpaired) electrons. The lowest BCUT2D eigenvalue weighted by Crippen LogP contribution is -2.41. The quantitative estimate of drug-likeness (QED) is 0.406. The van der Waals surface area contributed by atoms with E-state index < -0.39 is 36.7 Å². The fourth-order valence-electron chi connectivity index (χ4n) is 3.85. The average Bonchev–Trinajstić information content (AvgIpc) is 3.13. The molecule has 1 aliphatic carbocycles. The van der Waals surface area contributed by atoms with Gasteiger partial charge in [-0.15, -0.1) is 0 Å². The summed E-state index contributed by atoms with van der Waals surface area (Å²) in [5, 5.41) is 22.8. The van der Waals surface area contributed by atoms with E-state index in [0.717, 1.165) is 22.3 Å². The monoisotopic (exact) mass is 456 g/mol. The van der Waals surface area contributed by atoms with E-state index in [-0.39, 0.29) is 25.5 Å². The van der Waals surface area contributed by atoms with Gasteiger partial charge in [0.05, 0.1) is 19.1 Å². The van der Waals surface area contributed by atoms with Crippen molar-refractivity contribution in [1.82, 2.24) is 10.6 Å². The Morgan fingerprint density at radius 1 is 0.970 bits per heavy atom. The Balaban J connectivity index is 1.50. The molecule has 2 amide bonds. The molecule has 0 heterocycles. The van der Waals surface area contributed by atoms with Gasteiger partial charge in [0.15, 0.2) is 6.10 Å². The molecule has 0 fully saturated rings. The number of alkyl carbamates (subject to hydrolysis) is 1. The highest BCUT2D eigenvalue weighted by Gasteiger charge is 2.29. The number of aliphatic carboxylic acids is 1. The molecule has 0 aromatic heterocycles. The molecule has 2 aromatic rings. The normalized spacial score (nSPS) is 14.0. The van der Waals surface area contributed by atoms with Crippen LogP contribution in [0, 0.1) is 0 Å². The van der Waals surface area contributed by atoms with Crippen LogP contribution in [0.5, 0.6) is 0 Å². The van der Waals surface area contributed by atoms with Crippen molar-refractivity contribution in [1.29, 1.82) is 0 Å². The minimum atomic E-state index is -1.68. The van der Waals surface area contributed by atoms with E-state index >= 15 is 0 Å². The standard InChI is InChI=1S/C24H28N2O7/c1-2-32-15(11-22(28)25-13-21(27)23(29)30)12-26-24(31)33-14-20-18-9-5-3-7-16(18)17-8-4-6-10-19(17)20/h3-10,15,20-21,27H,2,11-14H2,1H3,(H,25,28)(H,26,31)(H,29,30)/t15?,21-/m0/s1. The minimum Gasteiger partial charge on any atom is -0.479 e. The molecular weight excluding hydrogens is 428 g/mol. The number of aliphatic hydroxyl groups excluding tert-OH is 1. The molecule has 4 N–H and O–H groups in total. The number of carboxylic acids is 1. The van der Waals surface area contributed by atoms with Crippen LogP contribution < -0.4 is 10.6 Å². The summed E-state index contributed by atoms with van der Waals surface area (Å²) in [7, 11) is 0. The van der Waals surface area contributed by atoms with Crippen molar-refractivity contribution in [2.75, 3.05) is 26.3 Å². The highest BCUT2D eigenvalue weighted by Crippen LogP contribution is 2.44. The molecule has 0 bridgehead atoms. The summed E-state index contributed by atoms with van der Waals surface area (Å²) in [5.74, 6) is -1.98. The number of carbonyl (C=O) groups is 3. The van der Waals surface area contributed by atoms with Crippen LogP contribution in [0.1, 0.15) is 30.4 Å². The number of hydrogen-bond acceptors (Lipinski definition) is 6. The molecule has 2 aromatic carbocycles. The Hall–Kier alpha value is -3.43. The highest BCUT2D eigenvalue weighted by atomic mass is 16.5. The number of fused-ring (bicyclic) bond motifs is 3. The first-order chi connectivity index (χ1) is 15.9. The van der Waals surface area contributed by atoms with Crippen molar-refractivity contribution in [2.45, 2.75) is 31.5 Å². The first-order valence-corrected chi connectivity index (χ1v) is 10.8. The van der Waals surface area contributed by atoms with E-state index in [2.05, 4.69) is 22.8 Å². The molecular formula is C24H28N2O7. The topological polar surface area (TPSA) is 134 Å². The van der Waals surface area contributed by atoms with E-state index in [1.807, 2.05) is 36.4 Å². The molecule has 176 valence electrons. The maximum atomic E-state index is 12.3. The predicted molar refractivity (Wildman–Crippen MR) is 120 cm³/mol. The number of ether oxygens (including phenoxy) is 2. The first kappa shape index (κ1) is 24.2. The summed E-state index contributed by atoms with van der Waals surface area (Å²) in [6.07, 6.45) is -3.04. The van der Waals surface area contributed by atoms with E-state index in [1.165, 1.54) is 0 Å². The van der Waals surface area contributed by atoms with Gasteiger partial charge >= 0.3 is 12.1 Å². The van der Waals surface area contributed by atoms with Gasteiger partial charge in [-0.2, -0.15) is 0 Å². The summed E-state index contributed by atoms with van der Waals surface area (Å²) in [6, 6.07) is 16.1. The van der Waals surface area contributed by atoms with Gasteiger partial charge in [-0.1, -0.05) is 48.5 Å².